The molecule has 6 nitrogen and oxygen atoms in total. The number of carbonyl (C=O) groups excluding carboxylic acids is 3. The van der Waals surface area contributed by atoms with Gasteiger partial charge in [-0.15, -0.1) is 0 Å². The summed E-state index contributed by atoms with van der Waals surface area (Å²) in [5.41, 5.74) is 0. The van der Waals surface area contributed by atoms with E-state index in [1.165, 1.54) is 173 Å². The summed E-state index contributed by atoms with van der Waals surface area (Å²) in [5.74, 6) is -1.05. The number of hydrogen-bond acceptors (Lipinski definition) is 6. The Hall–Kier alpha value is -3.67. The van der Waals surface area contributed by atoms with Gasteiger partial charge in [-0.3, -0.25) is 14.4 Å². The van der Waals surface area contributed by atoms with E-state index in [9.17, 15) is 14.4 Å². The molecule has 0 aliphatic rings. The van der Waals surface area contributed by atoms with Gasteiger partial charge in [-0.2, -0.15) is 0 Å². The topological polar surface area (TPSA) is 78.9 Å². The van der Waals surface area contributed by atoms with Crippen LogP contribution in [0, 0.1) is 0 Å². The van der Waals surface area contributed by atoms with Crippen molar-refractivity contribution < 1.29 is 28.6 Å². The van der Waals surface area contributed by atoms with Crippen LogP contribution in [-0.4, -0.2) is 37.2 Å². The summed E-state index contributed by atoms with van der Waals surface area (Å²) >= 11 is 0. The van der Waals surface area contributed by atoms with Crippen LogP contribution in [0.15, 0.2) is 97.2 Å². The highest BCUT2D eigenvalue weighted by Gasteiger charge is 2.19. The maximum absolute atomic E-state index is 12.8. The summed E-state index contributed by atoms with van der Waals surface area (Å²) in [7, 11) is 0. The number of esters is 3. The van der Waals surface area contributed by atoms with Crippen LogP contribution < -0.4 is 0 Å². The second-order valence-corrected chi connectivity index (χ2v) is 20.9. The molecule has 0 heterocycles. The Morgan fingerprint density at radius 2 is 0.560 bits per heavy atom. The number of ether oxygens (including phenoxy) is 3. The number of carbonyl (C=O) groups is 3. The van der Waals surface area contributed by atoms with E-state index in [-0.39, 0.29) is 31.6 Å². The summed E-state index contributed by atoms with van der Waals surface area (Å²) in [6.07, 6.45) is 84.5. The molecule has 75 heavy (non-hydrogen) atoms. The number of hydrogen-bond donors (Lipinski definition) is 0. The van der Waals surface area contributed by atoms with Crippen LogP contribution >= 0.6 is 0 Å². The van der Waals surface area contributed by atoms with Crippen molar-refractivity contribution in [2.24, 2.45) is 0 Å². The van der Waals surface area contributed by atoms with Gasteiger partial charge in [-0.1, -0.05) is 279 Å². The van der Waals surface area contributed by atoms with Crippen LogP contribution in [0.4, 0.5) is 0 Å². The third kappa shape index (κ3) is 61.1. The van der Waals surface area contributed by atoms with Gasteiger partial charge in [0.25, 0.3) is 0 Å². The Labute approximate surface area is 464 Å². The highest BCUT2D eigenvalue weighted by molar-refractivity contribution is 5.72. The smallest absolute Gasteiger partial charge is 0.310 e. The molecule has 430 valence electrons. The van der Waals surface area contributed by atoms with Gasteiger partial charge in [-0.25, -0.2) is 0 Å². The van der Waals surface area contributed by atoms with Gasteiger partial charge >= 0.3 is 17.9 Å². The third-order valence-corrected chi connectivity index (χ3v) is 13.6. The minimum atomic E-state index is -0.836. The van der Waals surface area contributed by atoms with Crippen molar-refractivity contribution in [1.29, 1.82) is 0 Å². The molecule has 0 spiro atoms. The van der Waals surface area contributed by atoms with Gasteiger partial charge in [0.15, 0.2) is 6.10 Å². The standard InChI is InChI=1S/C69H118O6/c1-4-7-10-13-16-19-22-25-28-29-30-31-32-33-34-35-36-37-38-39-42-44-47-50-53-56-59-62-68(71)74-65-66(75-69(72)63-60-57-54-51-48-45-41-27-24-21-18-15-12-9-6-3)64-73-67(70)61-58-55-52-49-46-43-40-26-23-20-17-14-11-8-5-2/h9,12,18,21-22,25-27,29-30,40-41,48,51,57,60,66H,4-8,10-11,13-17,19-20,23-24,28,31-39,42-47,49-50,52-56,58-59,61-65H2,1-3H3/b12-9-,21-18-,25-22-,30-29-,40-26-,41-27-,51-48-,60-57-. The highest BCUT2D eigenvalue weighted by atomic mass is 16.6. The Bertz CT molecular complexity index is 1480. The third-order valence-electron chi connectivity index (χ3n) is 13.6. The normalized spacial score (nSPS) is 12.7. The summed E-state index contributed by atoms with van der Waals surface area (Å²) in [6, 6.07) is 0. The van der Waals surface area contributed by atoms with Gasteiger partial charge in [-0.05, 0) is 103 Å². The molecule has 0 saturated carbocycles. The SMILES string of the molecule is CC/C=C\C/C=C\C/C=C\C/C=C\C/C=C\CC(=O)OC(COC(=O)CCCCCCC/C=C\CCCCCCCC)COC(=O)CCCCCCCCCCCCCCCCC/C=C\C/C=C\CCCCCCC. The van der Waals surface area contributed by atoms with E-state index < -0.39 is 12.1 Å². The second-order valence-electron chi connectivity index (χ2n) is 20.9. The van der Waals surface area contributed by atoms with E-state index in [0.717, 1.165) is 89.9 Å². The number of allylic oxidation sites excluding steroid dienone is 15. The maximum atomic E-state index is 12.8. The quantitative estimate of drug-likeness (QED) is 0.0261. The van der Waals surface area contributed by atoms with Crippen LogP contribution in [0.5, 0.6) is 0 Å². The first kappa shape index (κ1) is 71.3. The Morgan fingerprint density at radius 1 is 0.293 bits per heavy atom. The molecular weight excluding hydrogens is 925 g/mol. The zero-order valence-corrected chi connectivity index (χ0v) is 49.3. The maximum Gasteiger partial charge on any atom is 0.310 e. The Morgan fingerprint density at radius 3 is 0.893 bits per heavy atom. The fourth-order valence-corrected chi connectivity index (χ4v) is 8.84. The van der Waals surface area contributed by atoms with E-state index in [1.807, 2.05) is 6.08 Å². The molecule has 6 heteroatoms. The summed E-state index contributed by atoms with van der Waals surface area (Å²) < 4.78 is 16.8. The highest BCUT2D eigenvalue weighted by Crippen LogP contribution is 2.16. The van der Waals surface area contributed by atoms with Gasteiger partial charge in [0, 0.05) is 12.8 Å². The first-order valence-corrected chi connectivity index (χ1v) is 31.7. The van der Waals surface area contributed by atoms with Crippen molar-refractivity contribution in [3.05, 3.63) is 97.2 Å². The Balaban J connectivity index is 4.33. The zero-order chi connectivity index (χ0) is 54.3. The van der Waals surface area contributed by atoms with E-state index in [0.29, 0.717) is 12.8 Å². The summed E-state index contributed by atoms with van der Waals surface area (Å²) in [6.45, 7) is 6.44. The number of unbranched alkanes of at least 4 members (excludes halogenated alkanes) is 31. The van der Waals surface area contributed by atoms with Crippen LogP contribution in [0.3, 0.4) is 0 Å². The molecule has 0 aromatic heterocycles. The average molecular weight is 1040 g/mol. The molecule has 0 aliphatic carbocycles. The van der Waals surface area contributed by atoms with Crippen LogP contribution in [-0.2, 0) is 28.6 Å². The monoisotopic (exact) mass is 1040 g/mol. The second kappa shape index (κ2) is 62.9. The molecule has 1 atom stereocenters. The molecule has 0 saturated heterocycles. The molecule has 0 aromatic rings. The van der Waals surface area contributed by atoms with E-state index in [2.05, 4.69) is 106 Å². The first-order valence-electron chi connectivity index (χ1n) is 31.7. The van der Waals surface area contributed by atoms with Crippen molar-refractivity contribution in [2.45, 2.75) is 309 Å². The molecule has 1 unspecified atom stereocenters. The summed E-state index contributed by atoms with van der Waals surface area (Å²) in [5, 5.41) is 0. The van der Waals surface area contributed by atoms with Crippen molar-refractivity contribution in [3.8, 4) is 0 Å². The minimum absolute atomic E-state index is 0.0949. The molecule has 0 rings (SSSR count). The molecule has 0 aromatic carbocycles. The van der Waals surface area contributed by atoms with Gasteiger partial charge in [0.05, 0.1) is 6.42 Å². The minimum Gasteiger partial charge on any atom is -0.462 e. The fourth-order valence-electron chi connectivity index (χ4n) is 8.84. The van der Waals surface area contributed by atoms with E-state index >= 15 is 0 Å². The van der Waals surface area contributed by atoms with E-state index in [1.54, 1.807) is 6.08 Å². The lowest BCUT2D eigenvalue weighted by Gasteiger charge is -2.18. The van der Waals surface area contributed by atoms with Crippen LogP contribution in [0.2, 0.25) is 0 Å². The van der Waals surface area contributed by atoms with E-state index in [4.69, 9.17) is 14.2 Å². The Kier molecular flexibility index (Phi) is 59.8. The van der Waals surface area contributed by atoms with Crippen molar-refractivity contribution in [2.75, 3.05) is 13.2 Å². The zero-order valence-electron chi connectivity index (χ0n) is 49.3. The lowest BCUT2D eigenvalue weighted by Crippen LogP contribution is -2.30. The van der Waals surface area contributed by atoms with Crippen LogP contribution in [0.1, 0.15) is 303 Å². The molecule has 0 N–H and O–H groups in total. The fraction of sp³-hybridized carbons (Fsp3) is 0.725. The van der Waals surface area contributed by atoms with Crippen molar-refractivity contribution in [3.63, 3.8) is 0 Å². The largest absolute Gasteiger partial charge is 0.462 e. The average Bonchev–Trinajstić information content (AvgIpc) is 3.41. The molecule has 0 bridgehead atoms. The molecule has 0 fully saturated rings. The lowest BCUT2D eigenvalue weighted by atomic mass is 10.0. The molecular formula is C69H118O6. The van der Waals surface area contributed by atoms with Gasteiger partial charge in [0.2, 0.25) is 0 Å². The lowest BCUT2D eigenvalue weighted by molar-refractivity contribution is -0.166. The molecule has 0 radical (unpaired) electrons. The number of rotatable bonds is 57. The first-order chi connectivity index (χ1) is 37.0. The predicted molar refractivity (Wildman–Crippen MR) is 325 cm³/mol. The predicted octanol–water partition coefficient (Wildman–Crippen LogP) is 21.7. The van der Waals surface area contributed by atoms with Crippen molar-refractivity contribution in [1.82, 2.24) is 0 Å². The van der Waals surface area contributed by atoms with Gasteiger partial charge < -0.3 is 14.2 Å². The van der Waals surface area contributed by atoms with Crippen molar-refractivity contribution >= 4 is 17.9 Å². The molecule has 0 aliphatic heterocycles. The summed E-state index contributed by atoms with van der Waals surface area (Å²) in [4.78, 5) is 38.2. The molecule has 0 amide bonds. The van der Waals surface area contributed by atoms with Gasteiger partial charge in [0.1, 0.15) is 13.2 Å². The van der Waals surface area contributed by atoms with Crippen LogP contribution in [0.25, 0.3) is 0 Å².